The Morgan fingerprint density at radius 2 is 2.04 bits per heavy atom. The normalized spacial score (nSPS) is 33.0. The van der Waals surface area contributed by atoms with Gasteiger partial charge in [0, 0.05) is 35.5 Å². The second-order valence-electron chi connectivity index (χ2n) is 9.10. The number of carboxylic acids is 1. The van der Waals surface area contributed by atoms with E-state index in [-0.39, 0.29) is 29.8 Å². The van der Waals surface area contributed by atoms with Crippen LogP contribution in [0.2, 0.25) is 0 Å². The van der Waals surface area contributed by atoms with Gasteiger partial charge < -0.3 is 15.2 Å². The zero-order chi connectivity index (χ0) is 19.3. The molecular formula is C22H28N2O4. The lowest BCUT2D eigenvalue weighted by molar-refractivity contribution is -0.140. The van der Waals surface area contributed by atoms with Crippen molar-refractivity contribution in [1.82, 2.24) is 10.2 Å². The Morgan fingerprint density at radius 3 is 2.79 bits per heavy atom. The van der Waals surface area contributed by atoms with Gasteiger partial charge >= 0.3 is 5.97 Å². The minimum Gasteiger partial charge on any atom is -0.493 e. The zero-order valence-electron chi connectivity index (χ0n) is 16.1. The van der Waals surface area contributed by atoms with Crippen molar-refractivity contribution >= 4 is 11.9 Å². The predicted molar refractivity (Wildman–Crippen MR) is 103 cm³/mol. The molecule has 1 aliphatic heterocycles. The van der Waals surface area contributed by atoms with Gasteiger partial charge in [0.15, 0.2) is 0 Å². The average molecular weight is 384 g/mol. The fourth-order valence-corrected chi connectivity index (χ4v) is 5.16. The number of benzene rings is 1. The van der Waals surface area contributed by atoms with Gasteiger partial charge in [-0.15, -0.1) is 0 Å². The number of nitrogens with one attached hydrogen (secondary N) is 1. The lowest BCUT2D eigenvalue weighted by atomic mass is 9.84. The molecule has 2 unspecified atom stereocenters. The van der Waals surface area contributed by atoms with Gasteiger partial charge in [-0.3, -0.25) is 14.5 Å². The first-order valence-electron chi connectivity index (χ1n) is 10.5. The van der Waals surface area contributed by atoms with Crippen LogP contribution in [0.15, 0.2) is 24.3 Å². The molecule has 1 amide bonds. The molecule has 6 heteroatoms. The van der Waals surface area contributed by atoms with Gasteiger partial charge in [-0.25, -0.2) is 0 Å². The van der Waals surface area contributed by atoms with Crippen molar-refractivity contribution in [3.8, 4) is 5.75 Å². The Hall–Kier alpha value is -2.08. The molecule has 1 aromatic rings. The lowest BCUT2D eigenvalue weighted by Gasteiger charge is -2.43. The predicted octanol–water partition coefficient (Wildman–Crippen LogP) is 2.17. The van der Waals surface area contributed by atoms with Crippen molar-refractivity contribution < 1.29 is 19.4 Å². The number of carbonyl (C=O) groups excluding carboxylic acids is 1. The summed E-state index contributed by atoms with van der Waals surface area (Å²) in [7, 11) is 0. The van der Waals surface area contributed by atoms with Crippen LogP contribution >= 0.6 is 0 Å². The zero-order valence-corrected chi connectivity index (χ0v) is 16.1. The van der Waals surface area contributed by atoms with Crippen LogP contribution in [0.1, 0.15) is 44.1 Å². The number of rotatable bonds is 7. The molecule has 1 heterocycles. The van der Waals surface area contributed by atoms with Crippen molar-refractivity contribution in [1.29, 1.82) is 0 Å². The molecule has 2 N–H and O–H groups in total. The van der Waals surface area contributed by atoms with E-state index in [0.29, 0.717) is 18.6 Å². The van der Waals surface area contributed by atoms with Gasteiger partial charge in [0.25, 0.3) is 0 Å². The molecule has 4 aliphatic rings. The number of ether oxygens (including phenoxy) is 1. The summed E-state index contributed by atoms with van der Waals surface area (Å²) in [5.41, 5.74) is 1.15. The molecular weight excluding hydrogens is 356 g/mol. The maximum atomic E-state index is 12.9. The Labute approximate surface area is 165 Å². The summed E-state index contributed by atoms with van der Waals surface area (Å²) in [5, 5.41) is 12.4. The minimum atomic E-state index is -0.758. The van der Waals surface area contributed by atoms with Gasteiger partial charge in [0.05, 0.1) is 13.2 Å². The van der Waals surface area contributed by atoms with Crippen LogP contribution in [0, 0.1) is 11.8 Å². The third kappa shape index (κ3) is 3.28. The number of hydrogen-bond donors (Lipinski definition) is 2. The fraction of sp³-hybridized carbons (Fsp3) is 0.636. The van der Waals surface area contributed by atoms with Gasteiger partial charge in [0.1, 0.15) is 5.75 Å². The topological polar surface area (TPSA) is 78.9 Å². The maximum absolute atomic E-state index is 12.9. The number of carbonyl (C=O) groups is 2. The van der Waals surface area contributed by atoms with E-state index in [4.69, 9.17) is 4.74 Å². The highest BCUT2D eigenvalue weighted by atomic mass is 16.5. The number of amides is 1. The summed E-state index contributed by atoms with van der Waals surface area (Å²) in [4.78, 5) is 26.1. The molecule has 1 aromatic carbocycles. The lowest BCUT2D eigenvalue weighted by Crippen LogP contribution is -2.55. The molecule has 3 fully saturated rings. The number of nitrogens with zero attached hydrogens (tertiary/aromatic N) is 1. The largest absolute Gasteiger partial charge is 0.493 e. The minimum absolute atomic E-state index is 0.0383. The molecule has 28 heavy (non-hydrogen) atoms. The highest BCUT2D eigenvalue weighted by Crippen LogP contribution is 2.60. The summed E-state index contributed by atoms with van der Waals surface area (Å²) in [6, 6.07) is 8.57. The molecule has 0 bridgehead atoms. The van der Waals surface area contributed by atoms with E-state index in [9.17, 15) is 14.7 Å². The van der Waals surface area contributed by atoms with E-state index in [1.165, 1.54) is 18.4 Å². The highest BCUT2D eigenvalue weighted by molar-refractivity contribution is 5.85. The van der Waals surface area contributed by atoms with Gasteiger partial charge in [-0.05, 0) is 50.5 Å². The molecule has 6 nitrogen and oxygen atoms in total. The van der Waals surface area contributed by atoms with Crippen molar-refractivity contribution in [3.63, 3.8) is 0 Å². The van der Waals surface area contributed by atoms with Crippen molar-refractivity contribution in [3.05, 3.63) is 29.8 Å². The Balaban J connectivity index is 1.16. The third-order valence-corrected chi connectivity index (χ3v) is 7.12. The summed E-state index contributed by atoms with van der Waals surface area (Å²) in [6.07, 6.45) is 5.98. The van der Waals surface area contributed by atoms with E-state index in [2.05, 4.69) is 16.3 Å². The molecule has 3 saturated carbocycles. The van der Waals surface area contributed by atoms with Crippen LogP contribution in [-0.4, -0.2) is 53.7 Å². The van der Waals surface area contributed by atoms with Gasteiger partial charge in [0.2, 0.25) is 5.91 Å². The Bertz CT molecular complexity index is 786. The molecule has 3 aliphatic carbocycles. The van der Waals surface area contributed by atoms with Crippen LogP contribution in [0.5, 0.6) is 5.75 Å². The summed E-state index contributed by atoms with van der Waals surface area (Å²) in [6.45, 7) is 1.68. The summed E-state index contributed by atoms with van der Waals surface area (Å²) >= 11 is 0. The first-order valence-corrected chi connectivity index (χ1v) is 10.5. The molecule has 0 radical (unpaired) electrons. The molecule has 2 atom stereocenters. The molecule has 5 rings (SSSR count). The van der Waals surface area contributed by atoms with E-state index < -0.39 is 5.97 Å². The first kappa shape index (κ1) is 18.0. The third-order valence-electron chi connectivity index (χ3n) is 7.12. The quantitative estimate of drug-likeness (QED) is 0.753. The maximum Gasteiger partial charge on any atom is 0.317 e. The fourth-order valence-electron chi connectivity index (χ4n) is 5.16. The first-order chi connectivity index (χ1) is 13.5. The Morgan fingerprint density at radius 1 is 1.25 bits per heavy atom. The van der Waals surface area contributed by atoms with Crippen molar-refractivity contribution in [2.45, 2.75) is 56.0 Å². The number of para-hydroxylation sites is 1. The molecule has 1 spiro atoms. The van der Waals surface area contributed by atoms with Crippen LogP contribution in [0.4, 0.5) is 0 Å². The number of aliphatic carboxylic acids is 1. The summed E-state index contributed by atoms with van der Waals surface area (Å²) < 4.78 is 5.76. The summed E-state index contributed by atoms with van der Waals surface area (Å²) in [5.74, 6) is 1.04. The van der Waals surface area contributed by atoms with Crippen LogP contribution in [-0.2, 0) is 15.0 Å². The second-order valence-corrected chi connectivity index (χ2v) is 9.10. The molecule has 0 saturated heterocycles. The van der Waals surface area contributed by atoms with Gasteiger partial charge in [-0.2, -0.15) is 0 Å². The molecule has 150 valence electrons. The van der Waals surface area contributed by atoms with E-state index in [1.54, 1.807) is 0 Å². The van der Waals surface area contributed by atoms with Crippen LogP contribution in [0.3, 0.4) is 0 Å². The standard InChI is InChI=1S/C22H28N2O4/c25-20(26)13-24(12-14-5-6-14)16-9-15(10-16)23-21(27)18-11-22(18)7-8-28-19-4-2-1-3-17(19)22/h1-4,14-16,18H,5-13H2,(H,23,27)(H,25,26). The van der Waals surface area contributed by atoms with E-state index in [1.807, 2.05) is 18.2 Å². The molecule has 0 aromatic heterocycles. The van der Waals surface area contributed by atoms with E-state index in [0.717, 1.165) is 38.0 Å². The van der Waals surface area contributed by atoms with Crippen molar-refractivity contribution in [2.75, 3.05) is 19.7 Å². The number of fused-ring (bicyclic) bond motifs is 2. The van der Waals surface area contributed by atoms with E-state index >= 15 is 0 Å². The average Bonchev–Trinajstić information content (AvgIpc) is 3.55. The number of carboxylic acid groups (broad SMARTS) is 1. The Kier molecular flexibility index (Phi) is 4.34. The number of hydrogen-bond acceptors (Lipinski definition) is 4. The van der Waals surface area contributed by atoms with Crippen LogP contribution < -0.4 is 10.1 Å². The monoisotopic (exact) mass is 384 g/mol. The second kappa shape index (κ2) is 6.76. The highest BCUT2D eigenvalue weighted by Gasteiger charge is 2.61. The smallest absolute Gasteiger partial charge is 0.317 e. The van der Waals surface area contributed by atoms with Crippen LogP contribution in [0.25, 0.3) is 0 Å². The SMILES string of the molecule is O=C(O)CN(CC1CC1)C1CC(NC(=O)C2CC23CCOc2ccccc23)C1. The van der Waals surface area contributed by atoms with Gasteiger partial charge in [-0.1, -0.05) is 18.2 Å². The van der Waals surface area contributed by atoms with Crippen molar-refractivity contribution in [2.24, 2.45) is 11.8 Å².